The fourth-order valence-corrected chi connectivity index (χ4v) is 10.1. The Balaban J connectivity index is 1.26. The van der Waals surface area contributed by atoms with Gasteiger partial charge in [-0.25, -0.2) is 0 Å². The maximum atomic E-state index is 2.54. The summed E-state index contributed by atoms with van der Waals surface area (Å²) >= 11 is 0. The van der Waals surface area contributed by atoms with E-state index in [1.165, 1.54) is 110 Å². The van der Waals surface area contributed by atoms with Gasteiger partial charge in [0.25, 0.3) is 0 Å². The Morgan fingerprint density at radius 2 is 0.731 bits per heavy atom. The van der Waals surface area contributed by atoms with Crippen molar-refractivity contribution in [3.05, 3.63) is 180 Å². The molecule has 9 aromatic rings. The largest absolute Gasteiger partial charge is 0.0619 e. The van der Waals surface area contributed by atoms with Gasteiger partial charge in [0, 0.05) is 10.8 Å². The number of hydrogen-bond acceptors (Lipinski definition) is 0. The van der Waals surface area contributed by atoms with Crippen molar-refractivity contribution in [3.8, 4) is 44.5 Å². The lowest BCUT2D eigenvalue weighted by Gasteiger charge is -2.25. The molecule has 52 heavy (non-hydrogen) atoms. The first-order chi connectivity index (χ1) is 25.3. The third-order valence-corrected chi connectivity index (χ3v) is 12.6. The van der Waals surface area contributed by atoms with Gasteiger partial charge in [-0.3, -0.25) is 0 Å². The summed E-state index contributed by atoms with van der Waals surface area (Å²) in [6.07, 6.45) is 0. The van der Waals surface area contributed by atoms with Crippen LogP contribution in [0.1, 0.15) is 49.9 Å². The highest BCUT2D eigenvalue weighted by Crippen LogP contribution is 2.57. The van der Waals surface area contributed by atoms with Crippen LogP contribution in [0.3, 0.4) is 0 Å². The van der Waals surface area contributed by atoms with Crippen LogP contribution in [0.5, 0.6) is 0 Å². The molecule has 246 valence electrons. The minimum absolute atomic E-state index is 0.106. The first-order valence-corrected chi connectivity index (χ1v) is 18.6. The topological polar surface area (TPSA) is 0 Å². The molecule has 0 saturated heterocycles. The second-order valence-electron chi connectivity index (χ2n) is 16.0. The maximum absolute atomic E-state index is 2.54. The molecule has 0 atom stereocenters. The van der Waals surface area contributed by atoms with Gasteiger partial charge in [0.15, 0.2) is 0 Å². The lowest BCUT2D eigenvalue weighted by molar-refractivity contribution is 0.661. The maximum Gasteiger partial charge on any atom is 0.0159 e. The van der Waals surface area contributed by atoms with Crippen molar-refractivity contribution in [3.63, 3.8) is 0 Å². The number of rotatable bonds is 2. The highest BCUT2D eigenvalue weighted by Gasteiger charge is 2.39. The van der Waals surface area contributed by atoms with Crippen molar-refractivity contribution in [1.82, 2.24) is 0 Å². The van der Waals surface area contributed by atoms with E-state index in [-0.39, 0.29) is 10.8 Å². The van der Waals surface area contributed by atoms with Crippen LogP contribution in [0, 0.1) is 0 Å². The summed E-state index contributed by atoms with van der Waals surface area (Å²) in [5, 5.41) is 10.4. The highest BCUT2D eigenvalue weighted by molar-refractivity contribution is 6.25. The second kappa shape index (κ2) is 10.3. The molecule has 0 nitrogen and oxygen atoms in total. The lowest BCUT2D eigenvalue weighted by Crippen LogP contribution is -2.15. The average Bonchev–Trinajstić information content (AvgIpc) is 3.55. The van der Waals surface area contributed by atoms with Gasteiger partial charge in [-0.2, -0.15) is 0 Å². The summed E-state index contributed by atoms with van der Waals surface area (Å²) in [5.41, 5.74) is 16.2. The fraction of sp³-hybridized carbons (Fsp3) is 0.115. The molecule has 0 heterocycles. The van der Waals surface area contributed by atoms with Crippen molar-refractivity contribution in [2.45, 2.75) is 38.5 Å². The Morgan fingerprint density at radius 1 is 0.269 bits per heavy atom. The van der Waals surface area contributed by atoms with Gasteiger partial charge in [-0.15, -0.1) is 0 Å². The summed E-state index contributed by atoms with van der Waals surface area (Å²) in [6.45, 7) is 9.59. The van der Waals surface area contributed by atoms with E-state index in [0.717, 1.165) is 0 Å². The summed E-state index contributed by atoms with van der Waals surface area (Å²) in [5.74, 6) is 0. The van der Waals surface area contributed by atoms with Crippen molar-refractivity contribution in [1.29, 1.82) is 0 Å². The molecule has 2 aliphatic carbocycles. The van der Waals surface area contributed by atoms with Gasteiger partial charge >= 0.3 is 0 Å². The minimum atomic E-state index is -0.107. The Hall–Kier alpha value is -5.98. The lowest BCUT2D eigenvalue weighted by atomic mass is 9.78. The van der Waals surface area contributed by atoms with Crippen LogP contribution < -0.4 is 0 Å². The predicted octanol–water partition coefficient (Wildman–Crippen LogP) is 14.2. The molecule has 0 bridgehead atoms. The van der Waals surface area contributed by atoms with Crippen molar-refractivity contribution >= 4 is 43.1 Å². The number of fused-ring (bicyclic) bond motifs is 11. The van der Waals surface area contributed by atoms with E-state index in [0.29, 0.717) is 0 Å². The van der Waals surface area contributed by atoms with Crippen LogP contribution >= 0.6 is 0 Å². The van der Waals surface area contributed by atoms with E-state index in [9.17, 15) is 0 Å². The molecule has 0 spiro atoms. The molecule has 0 heteroatoms. The molecule has 9 aromatic carbocycles. The predicted molar refractivity (Wildman–Crippen MR) is 222 cm³/mol. The van der Waals surface area contributed by atoms with Crippen molar-refractivity contribution in [2.75, 3.05) is 0 Å². The van der Waals surface area contributed by atoms with Crippen LogP contribution in [-0.4, -0.2) is 0 Å². The fourth-order valence-electron chi connectivity index (χ4n) is 10.1. The zero-order chi connectivity index (χ0) is 34.9. The molecule has 11 rings (SSSR count). The smallest absolute Gasteiger partial charge is 0.0159 e. The first-order valence-electron chi connectivity index (χ1n) is 18.6. The molecule has 0 unspecified atom stereocenters. The highest BCUT2D eigenvalue weighted by atomic mass is 14.4. The quantitative estimate of drug-likeness (QED) is 0.162. The van der Waals surface area contributed by atoms with Crippen molar-refractivity contribution in [2.24, 2.45) is 0 Å². The van der Waals surface area contributed by atoms with Crippen LogP contribution in [0.15, 0.2) is 158 Å². The van der Waals surface area contributed by atoms with Crippen molar-refractivity contribution < 1.29 is 0 Å². The molecular formula is C52H38. The van der Waals surface area contributed by atoms with E-state index in [1.54, 1.807) is 0 Å². The third kappa shape index (κ3) is 3.77. The standard InChI is InChI=1S/C52H38/c1-51(2)43-26-14-13-24-39(43)49-34-19-8-7-18-33(34)41(30-46(49)51)48-37-22-11-9-20-35(37)47(36-21-10-12-23-38(36)48)40-25-15-27-44-50(40)42-28-31-16-5-6-17-32(31)29-45(42)52(44,3)4/h5-30H,1-4H3. The molecule has 0 aliphatic heterocycles. The van der Waals surface area contributed by atoms with Crippen LogP contribution in [0.4, 0.5) is 0 Å². The van der Waals surface area contributed by atoms with E-state index in [1.807, 2.05) is 0 Å². The molecule has 0 fully saturated rings. The summed E-state index contributed by atoms with van der Waals surface area (Å²) in [7, 11) is 0. The molecule has 0 radical (unpaired) electrons. The summed E-state index contributed by atoms with van der Waals surface area (Å²) in [6, 6.07) is 59.7. The average molecular weight is 663 g/mol. The molecular weight excluding hydrogens is 625 g/mol. The van der Waals surface area contributed by atoms with Crippen LogP contribution in [-0.2, 0) is 10.8 Å². The van der Waals surface area contributed by atoms with Gasteiger partial charge in [0.1, 0.15) is 0 Å². The summed E-state index contributed by atoms with van der Waals surface area (Å²) < 4.78 is 0. The molecule has 0 saturated carbocycles. The van der Waals surface area contributed by atoms with Crippen LogP contribution in [0.2, 0.25) is 0 Å². The summed E-state index contributed by atoms with van der Waals surface area (Å²) in [4.78, 5) is 0. The number of hydrogen-bond donors (Lipinski definition) is 0. The molecule has 0 amide bonds. The monoisotopic (exact) mass is 662 g/mol. The van der Waals surface area contributed by atoms with Gasteiger partial charge in [0.05, 0.1) is 0 Å². The Bertz CT molecular complexity index is 2950. The van der Waals surface area contributed by atoms with Gasteiger partial charge < -0.3 is 0 Å². The van der Waals surface area contributed by atoms with Gasteiger partial charge in [-0.05, 0) is 128 Å². The second-order valence-corrected chi connectivity index (χ2v) is 16.0. The zero-order valence-corrected chi connectivity index (χ0v) is 30.0. The Morgan fingerprint density at radius 3 is 1.38 bits per heavy atom. The number of benzene rings is 9. The van der Waals surface area contributed by atoms with Gasteiger partial charge in [-0.1, -0.05) is 167 Å². The molecule has 0 N–H and O–H groups in total. The van der Waals surface area contributed by atoms with E-state index >= 15 is 0 Å². The first kappa shape index (κ1) is 29.7. The zero-order valence-electron chi connectivity index (χ0n) is 30.0. The van der Waals surface area contributed by atoms with Gasteiger partial charge in [0.2, 0.25) is 0 Å². The molecule has 0 aromatic heterocycles. The SMILES string of the molecule is CC1(C)c2cc3ccccc3cc2-c2c(-c3c4ccccc4c(-c4cc5c(c6ccccc46)-c4ccccc4C5(C)C)c4ccccc34)cccc21. The Kier molecular flexibility index (Phi) is 5.89. The molecule has 2 aliphatic rings. The third-order valence-electron chi connectivity index (χ3n) is 12.6. The Labute approximate surface area is 305 Å². The van der Waals surface area contributed by atoms with E-state index < -0.39 is 0 Å². The normalized spacial score (nSPS) is 14.8. The van der Waals surface area contributed by atoms with E-state index in [2.05, 4.69) is 185 Å². The minimum Gasteiger partial charge on any atom is -0.0619 e. The van der Waals surface area contributed by atoms with E-state index in [4.69, 9.17) is 0 Å². The van der Waals surface area contributed by atoms with Crippen LogP contribution in [0.25, 0.3) is 87.6 Å².